The lowest BCUT2D eigenvalue weighted by molar-refractivity contribution is 0.490. The summed E-state index contributed by atoms with van der Waals surface area (Å²) in [5, 5.41) is 6.03. The van der Waals surface area contributed by atoms with Gasteiger partial charge in [-0.3, -0.25) is 4.40 Å². The number of hydrogen-bond donors (Lipinski definition) is 0. The van der Waals surface area contributed by atoms with E-state index in [0.29, 0.717) is 5.95 Å². The molecule has 0 unspecified atom stereocenters. The number of nitrogens with zero attached hydrogens (tertiary/aromatic N) is 6. The number of fused-ring (bicyclic) bond motifs is 7. The molecule has 1 aliphatic rings. The molecule has 0 spiro atoms. The minimum atomic E-state index is -3.28. The van der Waals surface area contributed by atoms with Gasteiger partial charge < -0.3 is 4.74 Å². The summed E-state index contributed by atoms with van der Waals surface area (Å²) in [5.41, 5.74) is 4.69. The van der Waals surface area contributed by atoms with Crippen molar-refractivity contribution < 1.29 is 4.74 Å². The van der Waals surface area contributed by atoms with E-state index in [0.717, 1.165) is 60.4 Å². The summed E-state index contributed by atoms with van der Waals surface area (Å²) in [6.07, 6.45) is 1.67. The van der Waals surface area contributed by atoms with Gasteiger partial charge in [-0.25, -0.2) is 24.5 Å². The molecule has 0 aliphatic carbocycles. The first-order valence-electron chi connectivity index (χ1n) is 17.2. The first kappa shape index (κ1) is 29.7. The summed E-state index contributed by atoms with van der Waals surface area (Å²) in [4.78, 5) is 20.6. The lowest BCUT2D eigenvalue weighted by Gasteiger charge is -2.38. The first-order chi connectivity index (χ1) is 25.1. The molecule has 9 aromatic rings. The molecule has 0 N–H and O–H groups in total. The van der Waals surface area contributed by atoms with Crippen LogP contribution in [0, 0.1) is 0 Å². The maximum absolute atomic E-state index is 7.05. The maximum atomic E-state index is 7.05. The highest BCUT2D eigenvalue weighted by Crippen LogP contribution is 2.30. The van der Waals surface area contributed by atoms with Gasteiger partial charge >= 0.3 is 0 Å². The Morgan fingerprint density at radius 2 is 1.20 bits per heavy atom. The van der Waals surface area contributed by atoms with Crippen LogP contribution in [0.2, 0.25) is 13.1 Å². The largest absolute Gasteiger partial charge is 0.458 e. The zero-order valence-electron chi connectivity index (χ0n) is 28.1. The van der Waals surface area contributed by atoms with Crippen molar-refractivity contribution in [3.63, 3.8) is 0 Å². The number of hydrogen-bond acceptors (Lipinski definition) is 5. The Kier molecular flexibility index (Phi) is 6.51. The minimum Gasteiger partial charge on any atom is -0.458 e. The average molecular weight is 693 g/mol. The zero-order valence-corrected chi connectivity index (χ0v) is 30.1. The Morgan fingerprint density at radius 1 is 0.569 bits per heavy atom. The van der Waals surface area contributed by atoms with Crippen LogP contribution in [-0.2, 0) is 0 Å². The lowest BCUT2D eigenvalue weighted by Crippen LogP contribution is -2.77. The van der Waals surface area contributed by atoms with Gasteiger partial charge in [0.15, 0.2) is 0 Å². The summed E-state index contributed by atoms with van der Waals surface area (Å²) in [7, 11) is -5.43. The summed E-state index contributed by atoms with van der Waals surface area (Å²) in [6, 6.07) is 53.3. The van der Waals surface area contributed by atoms with Crippen molar-refractivity contribution >= 4 is 75.4 Å². The van der Waals surface area contributed by atoms with Gasteiger partial charge in [0.1, 0.15) is 31.3 Å². The second-order valence-electron chi connectivity index (χ2n) is 13.6. The number of rotatable bonds is 5. The zero-order chi connectivity index (χ0) is 34.2. The Morgan fingerprint density at radius 3 is 1.96 bits per heavy atom. The molecule has 1 aliphatic heterocycles. The molecule has 0 bridgehead atoms. The first-order valence-corrected chi connectivity index (χ1v) is 22.2. The van der Waals surface area contributed by atoms with Crippen LogP contribution in [0.15, 0.2) is 158 Å². The molecule has 0 fully saturated rings. The normalized spacial score (nSPS) is 13.6. The van der Waals surface area contributed by atoms with E-state index in [4.69, 9.17) is 24.7 Å². The predicted octanol–water partition coefficient (Wildman–Crippen LogP) is 4.92. The molecule has 0 saturated heterocycles. The Labute approximate surface area is 296 Å². The molecule has 6 aromatic carbocycles. The third-order valence-electron chi connectivity index (χ3n) is 10.5. The average Bonchev–Trinajstić information content (AvgIpc) is 3.71. The van der Waals surface area contributed by atoms with Crippen molar-refractivity contribution in [2.75, 3.05) is 0 Å². The molecule has 244 valence electrons. The predicted molar refractivity (Wildman–Crippen MR) is 210 cm³/mol. The van der Waals surface area contributed by atoms with Crippen molar-refractivity contribution in [2.45, 2.75) is 13.1 Å². The third kappa shape index (κ3) is 4.22. The van der Waals surface area contributed by atoms with Crippen LogP contribution >= 0.6 is 0 Å². The lowest BCUT2D eigenvalue weighted by atomic mass is 10.3. The van der Waals surface area contributed by atoms with Gasteiger partial charge in [-0.2, -0.15) is 0 Å². The second-order valence-corrected chi connectivity index (χ2v) is 21.5. The van der Waals surface area contributed by atoms with Crippen molar-refractivity contribution in [3.05, 3.63) is 158 Å². The molecular formula is C42H32N6OSi2. The van der Waals surface area contributed by atoms with Crippen molar-refractivity contribution in [1.29, 1.82) is 0 Å². The number of imidazole rings is 2. The highest BCUT2D eigenvalue weighted by atomic mass is 28.3. The Balaban J connectivity index is 1.31. The second kappa shape index (κ2) is 11.2. The van der Waals surface area contributed by atoms with Crippen LogP contribution < -0.4 is 36.1 Å². The van der Waals surface area contributed by atoms with Crippen LogP contribution in [0.5, 0.6) is 11.5 Å². The molecule has 4 heterocycles. The molecule has 0 radical (unpaired) electrons. The van der Waals surface area contributed by atoms with E-state index in [1.165, 1.54) is 10.4 Å². The van der Waals surface area contributed by atoms with Crippen LogP contribution in [-0.4, -0.2) is 45.1 Å². The Bertz CT molecular complexity index is 2740. The molecule has 10 rings (SSSR count). The standard InChI is InChI=1S/C42H32N6OSi2/c1-50(2)36-25-14-13-24-35(36)49-39-37(50)26-15-27-38(39)51(29-16-5-3-6-17-29,30-18-7-4-8-19-30)41-44-28-43-40(46-41)48-34-23-12-11-22-33(34)47-32-21-10-9-20-31(32)45-42(47)48/h3-28H,1-2H3. The van der Waals surface area contributed by atoms with E-state index in [1.54, 1.807) is 6.33 Å². The minimum absolute atomic E-state index is 0.524. The molecule has 0 amide bonds. The van der Waals surface area contributed by atoms with E-state index < -0.39 is 16.1 Å². The monoisotopic (exact) mass is 692 g/mol. The van der Waals surface area contributed by atoms with Crippen LogP contribution in [0.25, 0.3) is 33.8 Å². The van der Waals surface area contributed by atoms with Crippen molar-refractivity contribution in [2.24, 2.45) is 0 Å². The number of benzene rings is 6. The highest BCUT2D eigenvalue weighted by Gasteiger charge is 2.49. The Hall–Kier alpha value is -6.17. The van der Waals surface area contributed by atoms with Crippen LogP contribution in [0.4, 0.5) is 0 Å². The fourth-order valence-corrected chi connectivity index (χ4v) is 15.6. The third-order valence-corrected chi connectivity index (χ3v) is 18.5. The molecule has 0 saturated carbocycles. The van der Waals surface area contributed by atoms with Gasteiger partial charge in [0, 0.05) is 5.19 Å². The summed E-state index contributed by atoms with van der Waals surface area (Å²) < 4.78 is 11.3. The SMILES string of the molecule is C[Si]1(C)c2ccccc2Oc2c1cccc2[Si](c1ccccc1)(c1ccccc1)c1ncnc(-n2c3ccccc3n3c4ccccc4nc23)n1. The molecule has 7 nitrogen and oxygen atoms in total. The van der Waals surface area contributed by atoms with E-state index in [1.807, 2.05) is 18.2 Å². The highest BCUT2D eigenvalue weighted by molar-refractivity contribution is 7.20. The summed E-state index contributed by atoms with van der Waals surface area (Å²) in [5.74, 6) is 3.14. The fraction of sp³-hybridized carbons (Fsp3) is 0.0476. The van der Waals surface area contributed by atoms with E-state index in [2.05, 4.69) is 156 Å². The molecule has 0 atom stereocenters. The van der Waals surface area contributed by atoms with Crippen molar-refractivity contribution in [1.82, 2.24) is 28.9 Å². The quantitative estimate of drug-likeness (QED) is 0.189. The number of ether oxygens (including phenoxy) is 1. The number of aromatic nitrogens is 6. The summed E-state index contributed by atoms with van der Waals surface area (Å²) in [6.45, 7) is 4.84. The maximum Gasteiger partial charge on any atom is 0.239 e. The van der Waals surface area contributed by atoms with Crippen LogP contribution in [0.1, 0.15) is 0 Å². The fourth-order valence-electron chi connectivity index (χ4n) is 8.12. The number of para-hydroxylation sites is 6. The van der Waals surface area contributed by atoms with Gasteiger partial charge in [-0.05, 0) is 51.1 Å². The van der Waals surface area contributed by atoms with E-state index >= 15 is 0 Å². The van der Waals surface area contributed by atoms with Gasteiger partial charge in [0.25, 0.3) is 0 Å². The summed E-state index contributed by atoms with van der Waals surface area (Å²) >= 11 is 0. The van der Waals surface area contributed by atoms with Gasteiger partial charge in [0.2, 0.25) is 19.8 Å². The van der Waals surface area contributed by atoms with Gasteiger partial charge in [0.05, 0.1) is 22.1 Å². The van der Waals surface area contributed by atoms with E-state index in [-0.39, 0.29) is 0 Å². The molecule has 51 heavy (non-hydrogen) atoms. The van der Waals surface area contributed by atoms with Crippen LogP contribution in [0.3, 0.4) is 0 Å². The molecule has 9 heteroatoms. The molecule has 3 aromatic heterocycles. The van der Waals surface area contributed by atoms with Gasteiger partial charge in [-0.15, -0.1) is 0 Å². The van der Waals surface area contributed by atoms with Crippen molar-refractivity contribution in [3.8, 4) is 17.4 Å². The smallest absolute Gasteiger partial charge is 0.239 e. The topological polar surface area (TPSA) is 70.1 Å². The van der Waals surface area contributed by atoms with E-state index in [9.17, 15) is 0 Å². The molecular weight excluding hydrogens is 661 g/mol. The van der Waals surface area contributed by atoms with Gasteiger partial charge in [-0.1, -0.05) is 134 Å².